The maximum absolute atomic E-state index is 12.1. The minimum Gasteiger partial charge on any atom is -0.461 e. The van der Waals surface area contributed by atoms with Crippen molar-refractivity contribution in [2.45, 2.75) is 33.7 Å². The fourth-order valence-corrected chi connectivity index (χ4v) is 1.94. The molecule has 5 nitrogen and oxygen atoms in total. The van der Waals surface area contributed by atoms with Crippen molar-refractivity contribution in [2.24, 2.45) is 5.92 Å². The summed E-state index contributed by atoms with van der Waals surface area (Å²) < 4.78 is 5.08. The number of nitrogens with zero attached hydrogens (tertiary/aromatic N) is 2. The highest BCUT2D eigenvalue weighted by Crippen LogP contribution is 2.26. The number of benzene rings is 1. The number of carbonyl (C=O) groups is 1. The zero-order valence-corrected chi connectivity index (χ0v) is 12.9. The Morgan fingerprint density at radius 1 is 1.24 bits per heavy atom. The Labute approximate surface area is 124 Å². The van der Waals surface area contributed by atoms with Crippen LogP contribution in [0.2, 0.25) is 0 Å². The van der Waals surface area contributed by atoms with Gasteiger partial charge in [-0.15, -0.1) is 10.2 Å². The molecule has 1 unspecified atom stereocenters. The zero-order chi connectivity index (χ0) is 15.4. The van der Waals surface area contributed by atoms with Gasteiger partial charge in [-0.2, -0.15) is 0 Å². The van der Waals surface area contributed by atoms with E-state index in [1.54, 1.807) is 6.92 Å². The summed E-state index contributed by atoms with van der Waals surface area (Å²) in [6.45, 7) is 8.41. The number of hydrogen-bond donors (Lipinski definition) is 1. The highest BCUT2D eigenvalue weighted by molar-refractivity contribution is 6.03. The van der Waals surface area contributed by atoms with Gasteiger partial charge in [-0.1, -0.05) is 32.0 Å². The molecular formula is C16H21N3O2. The van der Waals surface area contributed by atoms with Gasteiger partial charge in [0, 0.05) is 11.4 Å². The molecular weight excluding hydrogens is 266 g/mol. The van der Waals surface area contributed by atoms with Crippen LogP contribution in [0, 0.1) is 5.92 Å². The van der Waals surface area contributed by atoms with Crippen LogP contribution in [-0.4, -0.2) is 28.8 Å². The maximum atomic E-state index is 12.1. The summed E-state index contributed by atoms with van der Waals surface area (Å²) in [6.07, 6.45) is 0. The molecule has 0 amide bonds. The predicted molar refractivity (Wildman–Crippen MR) is 83.4 cm³/mol. The van der Waals surface area contributed by atoms with Crippen LogP contribution in [0.4, 0.5) is 5.69 Å². The van der Waals surface area contributed by atoms with Gasteiger partial charge in [-0.3, -0.25) is 0 Å². The number of carbonyl (C=O) groups excluding carboxylic acids is 1. The van der Waals surface area contributed by atoms with Gasteiger partial charge >= 0.3 is 5.97 Å². The Kier molecular flexibility index (Phi) is 4.73. The van der Waals surface area contributed by atoms with Gasteiger partial charge in [-0.05, 0) is 25.8 Å². The number of ether oxygens (including phenoxy) is 1. The Hall–Kier alpha value is -2.17. The van der Waals surface area contributed by atoms with E-state index in [9.17, 15) is 4.79 Å². The Balaban J connectivity index is 2.54. The molecule has 1 aromatic heterocycles. The molecule has 1 aromatic carbocycles. The molecule has 0 fully saturated rings. The number of rotatable bonds is 5. The molecule has 2 aromatic rings. The van der Waals surface area contributed by atoms with Crippen molar-refractivity contribution >= 4 is 22.6 Å². The standard InChI is InChI=1S/C16H21N3O2/c1-5-21-16(20)15-14(17-11(4)10(2)3)12-8-6-7-9-13(12)18-19-15/h6-11H,5H2,1-4H3,(H,17,18). The van der Waals surface area contributed by atoms with Crippen molar-refractivity contribution in [1.82, 2.24) is 10.2 Å². The molecule has 0 bridgehead atoms. The molecule has 2 rings (SSSR count). The minimum absolute atomic E-state index is 0.200. The monoisotopic (exact) mass is 287 g/mol. The molecule has 1 N–H and O–H groups in total. The molecule has 0 spiro atoms. The first kappa shape index (κ1) is 15.2. The molecule has 21 heavy (non-hydrogen) atoms. The summed E-state index contributed by atoms with van der Waals surface area (Å²) in [5, 5.41) is 12.4. The van der Waals surface area contributed by atoms with Crippen molar-refractivity contribution in [1.29, 1.82) is 0 Å². The van der Waals surface area contributed by atoms with Crippen LogP contribution < -0.4 is 5.32 Å². The quantitative estimate of drug-likeness (QED) is 0.855. The zero-order valence-electron chi connectivity index (χ0n) is 12.9. The van der Waals surface area contributed by atoms with Crippen LogP contribution >= 0.6 is 0 Å². The van der Waals surface area contributed by atoms with Crippen molar-refractivity contribution in [3.63, 3.8) is 0 Å². The van der Waals surface area contributed by atoms with Crippen LogP contribution in [0.5, 0.6) is 0 Å². The lowest BCUT2D eigenvalue weighted by Crippen LogP contribution is -2.24. The first-order valence-corrected chi connectivity index (χ1v) is 7.23. The van der Waals surface area contributed by atoms with Gasteiger partial charge in [0.2, 0.25) is 0 Å². The van der Waals surface area contributed by atoms with Gasteiger partial charge < -0.3 is 10.1 Å². The van der Waals surface area contributed by atoms with E-state index in [-0.39, 0.29) is 11.7 Å². The van der Waals surface area contributed by atoms with Gasteiger partial charge in [0.25, 0.3) is 0 Å². The molecule has 0 aliphatic rings. The predicted octanol–water partition coefficient (Wildman–Crippen LogP) is 3.26. The third-order valence-corrected chi connectivity index (χ3v) is 3.51. The van der Waals surface area contributed by atoms with Gasteiger partial charge in [-0.25, -0.2) is 4.79 Å². The van der Waals surface area contributed by atoms with E-state index in [0.717, 1.165) is 10.9 Å². The highest BCUT2D eigenvalue weighted by atomic mass is 16.5. The van der Waals surface area contributed by atoms with Crippen LogP contribution in [0.3, 0.4) is 0 Å². The number of fused-ring (bicyclic) bond motifs is 1. The van der Waals surface area contributed by atoms with E-state index in [0.29, 0.717) is 18.2 Å². The van der Waals surface area contributed by atoms with Crippen LogP contribution in [0.15, 0.2) is 24.3 Å². The van der Waals surface area contributed by atoms with Crippen molar-refractivity contribution in [2.75, 3.05) is 11.9 Å². The number of esters is 1. The molecule has 1 atom stereocenters. The first-order chi connectivity index (χ1) is 10.0. The summed E-state index contributed by atoms with van der Waals surface area (Å²) >= 11 is 0. The summed E-state index contributed by atoms with van der Waals surface area (Å²) in [4.78, 5) is 12.1. The number of nitrogens with one attached hydrogen (secondary N) is 1. The van der Waals surface area contributed by atoms with Gasteiger partial charge in [0.05, 0.1) is 17.8 Å². The summed E-state index contributed by atoms with van der Waals surface area (Å²) in [7, 11) is 0. The van der Waals surface area contributed by atoms with E-state index in [4.69, 9.17) is 4.74 Å². The molecule has 0 aliphatic heterocycles. The molecule has 0 aliphatic carbocycles. The van der Waals surface area contributed by atoms with Gasteiger partial charge in [0.1, 0.15) is 0 Å². The molecule has 0 saturated carbocycles. The second-order valence-electron chi connectivity index (χ2n) is 5.34. The molecule has 112 valence electrons. The summed E-state index contributed by atoms with van der Waals surface area (Å²) in [6, 6.07) is 7.83. The number of anilines is 1. The molecule has 0 saturated heterocycles. The second-order valence-corrected chi connectivity index (χ2v) is 5.34. The van der Waals surface area contributed by atoms with Gasteiger partial charge in [0.15, 0.2) is 5.69 Å². The molecule has 5 heteroatoms. The van der Waals surface area contributed by atoms with Crippen molar-refractivity contribution < 1.29 is 9.53 Å². The SMILES string of the molecule is CCOC(=O)c1nnc2ccccc2c1NC(C)C(C)C. The van der Waals surface area contributed by atoms with Crippen LogP contribution in [0.1, 0.15) is 38.2 Å². The normalized spacial score (nSPS) is 12.4. The average Bonchev–Trinajstić information content (AvgIpc) is 2.47. The number of hydrogen-bond acceptors (Lipinski definition) is 5. The maximum Gasteiger partial charge on any atom is 0.361 e. The van der Waals surface area contributed by atoms with E-state index in [1.807, 2.05) is 24.3 Å². The van der Waals surface area contributed by atoms with E-state index in [2.05, 4.69) is 36.3 Å². The van der Waals surface area contributed by atoms with E-state index in [1.165, 1.54) is 0 Å². The second kappa shape index (κ2) is 6.52. The Bertz CT molecular complexity index is 640. The number of aromatic nitrogens is 2. The lowest BCUT2D eigenvalue weighted by atomic mass is 10.0. The lowest BCUT2D eigenvalue weighted by molar-refractivity contribution is 0.0519. The van der Waals surface area contributed by atoms with E-state index >= 15 is 0 Å². The smallest absolute Gasteiger partial charge is 0.361 e. The largest absolute Gasteiger partial charge is 0.461 e. The van der Waals surface area contributed by atoms with Crippen molar-refractivity contribution in [3.05, 3.63) is 30.0 Å². The average molecular weight is 287 g/mol. The Morgan fingerprint density at radius 3 is 2.62 bits per heavy atom. The molecule has 0 radical (unpaired) electrons. The van der Waals surface area contributed by atoms with E-state index < -0.39 is 5.97 Å². The fourth-order valence-electron chi connectivity index (χ4n) is 1.94. The Morgan fingerprint density at radius 2 is 1.95 bits per heavy atom. The molecule has 1 heterocycles. The van der Waals surface area contributed by atoms with Crippen molar-refractivity contribution in [3.8, 4) is 0 Å². The summed E-state index contributed by atoms with van der Waals surface area (Å²) in [5.74, 6) is -0.0267. The van der Waals surface area contributed by atoms with Crippen LogP contribution in [-0.2, 0) is 4.74 Å². The summed E-state index contributed by atoms with van der Waals surface area (Å²) in [5.41, 5.74) is 1.69. The minimum atomic E-state index is -0.450. The van der Waals surface area contributed by atoms with Crippen LogP contribution in [0.25, 0.3) is 10.9 Å². The lowest BCUT2D eigenvalue weighted by Gasteiger charge is -2.21. The fraction of sp³-hybridized carbons (Fsp3) is 0.438. The third kappa shape index (κ3) is 3.29. The topological polar surface area (TPSA) is 64.1 Å². The third-order valence-electron chi connectivity index (χ3n) is 3.51. The first-order valence-electron chi connectivity index (χ1n) is 7.23. The highest BCUT2D eigenvalue weighted by Gasteiger charge is 2.20.